The Morgan fingerprint density at radius 3 is 2.31 bits per heavy atom. The smallest absolute Gasteiger partial charge is 0.342 e. The number of ether oxygens (including phenoxy) is 4. The van der Waals surface area contributed by atoms with Crippen LogP contribution in [0.15, 0.2) is 94.7 Å². The first-order valence-electron chi connectivity index (χ1n) is 14.4. The summed E-state index contributed by atoms with van der Waals surface area (Å²) in [6.07, 6.45) is 0. The highest BCUT2D eigenvalue weighted by atomic mass is 32.1. The zero-order chi connectivity index (χ0) is 31.2. The normalized spacial score (nSPS) is 13.5. The number of para-hydroxylation sites is 2. The van der Waals surface area contributed by atoms with Gasteiger partial charge in [0, 0.05) is 18.8 Å². The first-order chi connectivity index (χ1) is 22.1. The van der Waals surface area contributed by atoms with Crippen molar-refractivity contribution in [1.82, 2.24) is 9.55 Å². The minimum Gasteiger partial charge on any atom is -0.497 e. The first-order valence-corrected chi connectivity index (χ1v) is 15.2. The average molecular weight is 626 g/mol. The average Bonchev–Trinajstić information content (AvgIpc) is 3.44. The van der Waals surface area contributed by atoms with Gasteiger partial charge in [0.25, 0.3) is 5.56 Å². The minimum atomic E-state index is -0.677. The van der Waals surface area contributed by atoms with E-state index in [1.807, 2.05) is 65.6 Å². The van der Waals surface area contributed by atoms with Crippen LogP contribution in [0, 0.1) is 0 Å². The fraction of sp³-hybridized carbons (Fsp3) is 0.212. The molecule has 1 saturated heterocycles. The predicted octanol–water partition coefficient (Wildman–Crippen LogP) is 5.65. The van der Waals surface area contributed by atoms with Crippen molar-refractivity contribution in [1.29, 1.82) is 0 Å². The molecule has 230 valence electrons. The number of aliphatic imine (C=N–C) groups is 1. The Labute approximate surface area is 263 Å². The van der Waals surface area contributed by atoms with Crippen molar-refractivity contribution in [2.75, 3.05) is 50.2 Å². The van der Waals surface area contributed by atoms with Gasteiger partial charge in [-0.25, -0.2) is 14.3 Å². The summed E-state index contributed by atoms with van der Waals surface area (Å²) in [4.78, 5) is 40.0. The lowest BCUT2D eigenvalue weighted by Crippen LogP contribution is -2.40. The van der Waals surface area contributed by atoms with E-state index >= 15 is 0 Å². The van der Waals surface area contributed by atoms with Gasteiger partial charge in [-0.15, -0.1) is 0 Å². The van der Waals surface area contributed by atoms with Crippen LogP contribution in [0.2, 0.25) is 0 Å². The highest BCUT2D eigenvalue weighted by Gasteiger charge is 2.29. The summed E-state index contributed by atoms with van der Waals surface area (Å²) in [5.41, 5.74) is 0.960. The molecule has 3 aromatic carbocycles. The molecule has 2 aromatic heterocycles. The van der Waals surface area contributed by atoms with E-state index in [9.17, 15) is 9.59 Å². The van der Waals surface area contributed by atoms with Gasteiger partial charge in [0.1, 0.15) is 26.9 Å². The second kappa shape index (κ2) is 13.6. The van der Waals surface area contributed by atoms with Crippen LogP contribution in [0.3, 0.4) is 0 Å². The van der Waals surface area contributed by atoms with Gasteiger partial charge in [-0.2, -0.15) is 4.99 Å². The second-order valence-electron chi connectivity index (χ2n) is 9.86. The molecule has 1 aliphatic rings. The van der Waals surface area contributed by atoms with Gasteiger partial charge in [0.05, 0.1) is 38.0 Å². The Morgan fingerprint density at radius 1 is 0.978 bits per heavy atom. The van der Waals surface area contributed by atoms with E-state index in [0.717, 1.165) is 11.3 Å². The number of carbonyl (C=O) groups is 1. The van der Waals surface area contributed by atoms with Crippen LogP contribution in [0.4, 0.5) is 16.6 Å². The number of nitrogens with zero attached hydrogens (tertiary/aromatic N) is 4. The summed E-state index contributed by atoms with van der Waals surface area (Å²) in [7, 11) is 1.59. The molecule has 1 N–H and O–H groups in total. The fourth-order valence-corrected chi connectivity index (χ4v) is 5.87. The molecule has 0 aliphatic carbocycles. The van der Waals surface area contributed by atoms with Crippen LogP contribution in [0.25, 0.3) is 15.9 Å². The maximum absolute atomic E-state index is 14.4. The van der Waals surface area contributed by atoms with Gasteiger partial charge in [0.2, 0.25) is 5.95 Å². The lowest BCUT2D eigenvalue weighted by Gasteiger charge is -2.29. The molecular formula is C33H31N5O6S. The Balaban J connectivity index is 1.55. The van der Waals surface area contributed by atoms with Crippen LogP contribution in [-0.2, 0) is 9.47 Å². The van der Waals surface area contributed by atoms with Crippen molar-refractivity contribution in [3.63, 3.8) is 0 Å². The van der Waals surface area contributed by atoms with Gasteiger partial charge in [0.15, 0.2) is 0 Å². The Bertz CT molecular complexity index is 1870. The fourth-order valence-electron chi connectivity index (χ4n) is 4.85. The third kappa shape index (κ3) is 6.52. The Morgan fingerprint density at radius 2 is 1.64 bits per heavy atom. The number of rotatable bonds is 8. The number of methoxy groups -OCH3 is 1. The van der Waals surface area contributed by atoms with Crippen LogP contribution < -0.4 is 25.2 Å². The number of fused-ring (bicyclic) bond motifs is 1. The lowest BCUT2D eigenvalue weighted by molar-refractivity contribution is 0.0530. The molecule has 6 rings (SSSR count). The quantitative estimate of drug-likeness (QED) is 0.133. The zero-order valence-corrected chi connectivity index (χ0v) is 25.6. The number of thiophene rings is 1. The third-order valence-electron chi connectivity index (χ3n) is 6.98. The summed E-state index contributed by atoms with van der Waals surface area (Å²) in [5.74, 6) is 0.939. The van der Waals surface area contributed by atoms with Crippen molar-refractivity contribution < 1.29 is 23.7 Å². The van der Waals surface area contributed by atoms with E-state index in [4.69, 9.17) is 28.9 Å². The van der Waals surface area contributed by atoms with Gasteiger partial charge in [-0.05, 0) is 55.5 Å². The summed E-state index contributed by atoms with van der Waals surface area (Å²) >= 11 is 1.12. The van der Waals surface area contributed by atoms with Gasteiger partial charge < -0.3 is 29.2 Å². The Kier molecular flexibility index (Phi) is 9.04. The number of hydrogen-bond acceptors (Lipinski definition) is 10. The van der Waals surface area contributed by atoms with Gasteiger partial charge in [-0.1, -0.05) is 47.7 Å². The predicted molar refractivity (Wildman–Crippen MR) is 175 cm³/mol. The van der Waals surface area contributed by atoms with Gasteiger partial charge in [-0.3, -0.25) is 4.79 Å². The van der Waals surface area contributed by atoms with Gasteiger partial charge >= 0.3 is 12.0 Å². The molecular weight excluding hydrogens is 594 g/mol. The van der Waals surface area contributed by atoms with Crippen LogP contribution in [0.1, 0.15) is 17.3 Å². The summed E-state index contributed by atoms with van der Waals surface area (Å²) in [6, 6.07) is 25.7. The highest BCUT2D eigenvalue weighted by Crippen LogP contribution is 2.38. The van der Waals surface area contributed by atoms with E-state index in [1.54, 1.807) is 38.3 Å². The summed E-state index contributed by atoms with van der Waals surface area (Å²) < 4.78 is 24.0. The molecule has 0 unspecified atom stereocenters. The first kappa shape index (κ1) is 29.9. The van der Waals surface area contributed by atoms with Crippen molar-refractivity contribution >= 4 is 50.2 Å². The van der Waals surface area contributed by atoms with Crippen molar-refractivity contribution in [3.8, 4) is 17.2 Å². The monoisotopic (exact) mass is 625 g/mol. The van der Waals surface area contributed by atoms with E-state index in [0.29, 0.717) is 60.0 Å². The molecule has 0 bridgehead atoms. The number of hydrogen-bond donors (Lipinski definition) is 1. The van der Waals surface area contributed by atoms with E-state index in [-0.39, 0.29) is 28.6 Å². The molecule has 3 heterocycles. The van der Waals surface area contributed by atoms with E-state index < -0.39 is 11.5 Å². The molecule has 0 spiro atoms. The molecule has 5 aromatic rings. The standard InChI is InChI=1S/C33H31N5O6S/c1-3-43-31(40)27-26-28(36-33(37-18-20-42-21-19-37)38(30(26)39)23-12-8-5-9-13-23)45-29(27)35-32(34-22-10-6-4-7-11-22)44-25-16-14-24(41-2)15-17-25/h4-17H,3,18-21H2,1-2H3,(H,34,35). The zero-order valence-electron chi connectivity index (χ0n) is 24.8. The van der Waals surface area contributed by atoms with Crippen LogP contribution >= 0.6 is 11.3 Å². The largest absolute Gasteiger partial charge is 0.497 e. The molecule has 11 nitrogen and oxygen atoms in total. The molecule has 45 heavy (non-hydrogen) atoms. The molecule has 0 radical (unpaired) electrons. The summed E-state index contributed by atoms with van der Waals surface area (Å²) in [6.45, 7) is 3.96. The number of benzene rings is 3. The van der Waals surface area contributed by atoms with E-state index in [1.165, 1.54) is 4.57 Å². The molecule has 1 fully saturated rings. The lowest BCUT2D eigenvalue weighted by atomic mass is 10.2. The van der Waals surface area contributed by atoms with Crippen molar-refractivity contribution in [2.45, 2.75) is 6.92 Å². The maximum atomic E-state index is 14.4. The molecule has 1 aliphatic heterocycles. The van der Waals surface area contributed by atoms with Crippen LogP contribution in [0.5, 0.6) is 11.5 Å². The Hall–Kier alpha value is -5.20. The third-order valence-corrected chi connectivity index (χ3v) is 7.96. The van der Waals surface area contributed by atoms with E-state index in [2.05, 4.69) is 5.32 Å². The number of amidine groups is 1. The SMILES string of the molecule is CCOC(=O)c1c(/N=C(/Nc2ccccc2)Oc2ccc(OC)cc2)sc2nc(N3CCOCC3)n(-c3ccccc3)c(=O)c12. The molecule has 0 atom stereocenters. The molecule has 12 heteroatoms. The number of morpholine rings is 1. The number of esters is 1. The van der Waals surface area contributed by atoms with Crippen molar-refractivity contribution in [2.24, 2.45) is 4.99 Å². The topological polar surface area (TPSA) is 117 Å². The number of aromatic nitrogens is 2. The van der Waals surface area contributed by atoms with Crippen molar-refractivity contribution in [3.05, 3.63) is 101 Å². The second-order valence-corrected chi connectivity index (χ2v) is 10.8. The van der Waals surface area contributed by atoms with Crippen LogP contribution in [-0.4, -0.2) is 61.6 Å². The number of carbonyl (C=O) groups excluding carboxylic acids is 1. The summed E-state index contributed by atoms with van der Waals surface area (Å²) in [5, 5.41) is 3.53. The number of anilines is 2. The minimum absolute atomic E-state index is 0.0262. The highest BCUT2D eigenvalue weighted by molar-refractivity contribution is 7.22. The maximum Gasteiger partial charge on any atom is 0.342 e. The number of nitrogens with one attached hydrogen (secondary N) is 1. The molecule has 0 amide bonds. The molecule has 0 saturated carbocycles.